The van der Waals surface area contributed by atoms with Crippen molar-refractivity contribution in [2.24, 2.45) is 0 Å². The number of ether oxygens (including phenoxy) is 1. The zero-order valence-corrected chi connectivity index (χ0v) is 13.1. The maximum Gasteiger partial charge on any atom is 0.147 e. The third kappa shape index (κ3) is 5.05. The van der Waals surface area contributed by atoms with Crippen molar-refractivity contribution in [2.45, 2.75) is 32.7 Å². The molecule has 0 aliphatic carbocycles. The van der Waals surface area contributed by atoms with Crippen molar-refractivity contribution in [3.05, 3.63) is 16.1 Å². The number of nitrogens with zero attached hydrogens (tertiary/aromatic N) is 1. The van der Waals surface area contributed by atoms with E-state index in [1.165, 1.54) is 0 Å². The molecule has 1 aromatic heterocycles. The Labute approximate surface area is 124 Å². The predicted octanol–water partition coefficient (Wildman–Crippen LogP) is 4.05. The van der Waals surface area contributed by atoms with Crippen LogP contribution in [0.15, 0.2) is 6.07 Å². The van der Waals surface area contributed by atoms with Gasteiger partial charge in [0.25, 0.3) is 0 Å². The van der Waals surface area contributed by atoms with E-state index in [0.717, 1.165) is 19.4 Å². The van der Waals surface area contributed by atoms with Crippen LogP contribution in [0.3, 0.4) is 0 Å². The number of methoxy groups -OCH3 is 1. The van der Waals surface area contributed by atoms with E-state index >= 15 is 0 Å². The van der Waals surface area contributed by atoms with Crippen molar-refractivity contribution in [2.75, 3.05) is 30.9 Å². The van der Waals surface area contributed by atoms with Crippen LogP contribution in [0.2, 0.25) is 10.0 Å². The quantitative estimate of drug-likeness (QED) is 0.760. The van der Waals surface area contributed by atoms with Gasteiger partial charge in [-0.05, 0) is 19.4 Å². The van der Waals surface area contributed by atoms with Crippen molar-refractivity contribution in [1.29, 1.82) is 0 Å². The van der Waals surface area contributed by atoms with Gasteiger partial charge in [0.2, 0.25) is 0 Å². The van der Waals surface area contributed by atoms with Gasteiger partial charge in [-0.25, -0.2) is 4.98 Å². The van der Waals surface area contributed by atoms with E-state index in [2.05, 4.69) is 22.5 Å². The summed E-state index contributed by atoms with van der Waals surface area (Å²) in [5.74, 6) is 1.28. The maximum absolute atomic E-state index is 6.17. The number of anilines is 2. The lowest BCUT2D eigenvalue weighted by Gasteiger charge is -2.19. The summed E-state index contributed by atoms with van der Waals surface area (Å²) < 4.78 is 5.20. The highest BCUT2D eigenvalue weighted by Gasteiger charge is 2.13. The summed E-state index contributed by atoms with van der Waals surface area (Å²) in [7, 11) is 1.69. The molecule has 1 rings (SSSR count). The van der Waals surface area contributed by atoms with Gasteiger partial charge in [-0.2, -0.15) is 0 Å². The molecule has 6 heteroatoms. The summed E-state index contributed by atoms with van der Waals surface area (Å²) in [6.45, 7) is 5.49. The number of aromatic nitrogens is 1. The van der Waals surface area contributed by atoms with Crippen LogP contribution in [-0.2, 0) is 4.74 Å². The Morgan fingerprint density at radius 3 is 2.53 bits per heavy atom. The van der Waals surface area contributed by atoms with E-state index in [-0.39, 0.29) is 6.04 Å². The van der Waals surface area contributed by atoms with Crippen molar-refractivity contribution < 1.29 is 4.74 Å². The molecule has 1 heterocycles. The summed E-state index contributed by atoms with van der Waals surface area (Å²) in [5, 5.41) is 7.46. The molecule has 0 aliphatic heterocycles. The number of pyridine rings is 1. The molecule has 0 bridgehead atoms. The van der Waals surface area contributed by atoms with Crippen molar-refractivity contribution in [3.8, 4) is 0 Å². The van der Waals surface area contributed by atoms with Crippen molar-refractivity contribution in [1.82, 2.24) is 4.98 Å². The fraction of sp³-hybridized carbons (Fsp3) is 0.615. The average molecular weight is 306 g/mol. The molecule has 1 atom stereocenters. The molecule has 2 N–H and O–H groups in total. The minimum absolute atomic E-state index is 0.190. The molecule has 0 radical (unpaired) electrons. The molecule has 0 saturated carbocycles. The van der Waals surface area contributed by atoms with Gasteiger partial charge in [-0.1, -0.05) is 36.5 Å². The van der Waals surface area contributed by atoms with Crippen LogP contribution >= 0.6 is 23.2 Å². The minimum Gasteiger partial charge on any atom is -0.383 e. The Balaban J connectivity index is 2.88. The smallest absolute Gasteiger partial charge is 0.147 e. The van der Waals surface area contributed by atoms with Gasteiger partial charge in [-0.3, -0.25) is 0 Å². The highest BCUT2D eigenvalue weighted by Crippen LogP contribution is 2.29. The topological polar surface area (TPSA) is 46.2 Å². The summed E-state index contributed by atoms with van der Waals surface area (Å²) in [6.07, 6.45) is 2.05. The van der Waals surface area contributed by atoms with Gasteiger partial charge >= 0.3 is 0 Å². The molecule has 1 unspecified atom stereocenters. The Bertz CT molecular complexity index is 396. The van der Waals surface area contributed by atoms with E-state index in [1.807, 2.05) is 6.92 Å². The molecular weight excluding hydrogens is 285 g/mol. The van der Waals surface area contributed by atoms with Gasteiger partial charge in [-0.15, -0.1) is 0 Å². The van der Waals surface area contributed by atoms with Crippen molar-refractivity contribution >= 4 is 34.8 Å². The van der Waals surface area contributed by atoms with Crippen LogP contribution in [0.1, 0.15) is 26.7 Å². The van der Waals surface area contributed by atoms with E-state index < -0.39 is 0 Å². The predicted molar refractivity (Wildman–Crippen MR) is 82.6 cm³/mol. The van der Waals surface area contributed by atoms with E-state index in [9.17, 15) is 0 Å². The second-order valence-electron chi connectivity index (χ2n) is 4.26. The molecule has 0 aliphatic rings. The second kappa shape index (κ2) is 8.46. The first-order valence-electron chi connectivity index (χ1n) is 6.47. The first-order chi connectivity index (χ1) is 9.12. The van der Waals surface area contributed by atoms with Crippen LogP contribution in [0, 0.1) is 0 Å². The molecule has 0 saturated heterocycles. The first-order valence-corrected chi connectivity index (χ1v) is 7.23. The second-order valence-corrected chi connectivity index (χ2v) is 5.08. The Hall–Kier alpha value is -0.710. The summed E-state index contributed by atoms with van der Waals surface area (Å²) in [6, 6.07) is 1.89. The number of hydrogen-bond acceptors (Lipinski definition) is 4. The van der Waals surface area contributed by atoms with Crippen LogP contribution in [0.5, 0.6) is 0 Å². The van der Waals surface area contributed by atoms with Gasteiger partial charge < -0.3 is 15.4 Å². The normalized spacial score (nSPS) is 12.3. The molecular formula is C13H21Cl2N3O. The fourth-order valence-corrected chi connectivity index (χ4v) is 2.28. The molecule has 0 fully saturated rings. The van der Waals surface area contributed by atoms with Crippen molar-refractivity contribution in [3.63, 3.8) is 0 Å². The van der Waals surface area contributed by atoms with Gasteiger partial charge in [0.05, 0.1) is 22.7 Å². The lowest BCUT2D eigenvalue weighted by molar-refractivity contribution is 0.182. The maximum atomic E-state index is 6.17. The largest absolute Gasteiger partial charge is 0.383 e. The summed E-state index contributed by atoms with van der Waals surface area (Å²) in [5.41, 5.74) is 0. The Morgan fingerprint density at radius 1 is 1.26 bits per heavy atom. The zero-order valence-electron chi connectivity index (χ0n) is 11.6. The molecule has 108 valence electrons. The van der Waals surface area contributed by atoms with E-state index in [0.29, 0.717) is 28.3 Å². The molecule has 19 heavy (non-hydrogen) atoms. The number of halogens is 2. The Kier molecular flexibility index (Phi) is 7.28. The first kappa shape index (κ1) is 16.3. The van der Waals surface area contributed by atoms with Gasteiger partial charge in [0.15, 0.2) is 0 Å². The fourth-order valence-electron chi connectivity index (χ4n) is 1.80. The van der Waals surface area contributed by atoms with Crippen LogP contribution in [0.4, 0.5) is 11.6 Å². The van der Waals surface area contributed by atoms with E-state index in [4.69, 9.17) is 27.9 Å². The lowest BCUT2D eigenvalue weighted by atomic mass is 10.2. The number of nitrogens with one attached hydrogen (secondary N) is 2. The minimum atomic E-state index is 0.190. The van der Waals surface area contributed by atoms with Crippen LogP contribution < -0.4 is 10.6 Å². The number of hydrogen-bond donors (Lipinski definition) is 2. The SMILES string of the molecule is CCCC(COC)Nc1nc(NCC)c(Cl)cc1Cl. The van der Waals surface area contributed by atoms with Gasteiger partial charge in [0, 0.05) is 13.7 Å². The highest BCUT2D eigenvalue weighted by atomic mass is 35.5. The molecule has 0 amide bonds. The van der Waals surface area contributed by atoms with E-state index in [1.54, 1.807) is 13.2 Å². The molecule has 0 spiro atoms. The molecule has 4 nitrogen and oxygen atoms in total. The molecule has 0 aromatic carbocycles. The van der Waals surface area contributed by atoms with Gasteiger partial charge in [0.1, 0.15) is 11.6 Å². The monoisotopic (exact) mass is 305 g/mol. The lowest BCUT2D eigenvalue weighted by Crippen LogP contribution is -2.25. The zero-order chi connectivity index (χ0) is 14.3. The Morgan fingerprint density at radius 2 is 1.95 bits per heavy atom. The number of rotatable bonds is 8. The highest BCUT2D eigenvalue weighted by molar-refractivity contribution is 6.37. The van der Waals surface area contributed by atoms with Crippen LogP contribution in [0.25, 0.3) is 0 Å². The molecule has 1 aromatic rings. The standard InChI is InChI=1S/C13H21Cl2N3O/c1-4-6-9(8-19-3)17-13-11(15)7-10(14)12(18-13)16-5-2/h7,9H,4-6,8H2,1-3H3,(H2,16,17,18). The third-order valence-corrected chi connectivity index (χ3v) is 3.20. The third-order valence-electron chi connectivity index (χ3n) is 2.62. The van der Waals surface area contributed by atoms with Crippen LogP contribution in [-0.4, -0.2) is 31.3 Å². The summed E-state index contributed by atoms with van der Waals surface area (Å²) in [4.78, 5) is 4.42. The summed E-state index contributed by atoms with van der Waals surface area (Å²) >= 11 is 12.2. The average Bonchev–Trinajstić information content (AvgIpc) is 2.36.